The Kier molecular flexibility index (Phi) is 3.75. The lowest BCUT2D eigenvalue weighted by atomic mass is 10.3. The van der Waals surface area contributed by atoms with Crippen molar-refractivity contribution in [1.82, 2.24) is 15.5 Å². The molecule has 0 atom stereocenters. The minimum absolute atomic E-state index is 0.0462. The summed E-state index contributed by atoms with van der Waals surface area (Å²) >= 11 is 0. The molecule has 0 unspecified atom stereocenters. The third-order valence-corrected chi connectivity index (χ3v) is 2.27. The number of nitrogens with one attached hydrogen (secondary N) is 3. The SMILES string of the molecule is O=C(CNc1ccccc1)NCc1cn[nH]c1. The van der Waals surface area contributed by atoms with Crippen molar-refractivity contribution in [3.8, 4) is 0 Å². The van der Waals surface area contributed by atoms with Crippen LogP contribution >= 0.6 is 0 Å². The standard InChI is InChI=1S/C12H14N4O/c17-12(14-6-10-7-15-16-8-10)9-13-11-4-2-1-3-5-11/h1-5,7-8,13H,6,9H2,(H,14,17)(H,15,16). The third kappa shape index (κ3) is 3.64. The maximum Gasteiger partial charge on any atom is 0.239 e. The zero-order valence-corrected chi connectivity index (χ0v) is 9.31. The first-order chi connectivity index (χ1) is 8.34. The predicted octanol–water partition coefficient (Wildman–Crippen LogP) is 1.14. The number of carbonyl (C=O) groups is 1. The van der Waals surface area contributed by atoms with Crippen LogP contribution in [0.25, 0.3) is 0 Å². The molecule has 0 spiro atoms. The monoisotopic (exact) mass is 230 g/mol. The number of carbonyl (C=O) groups excluding carboxylic acids is 1. The number of benzene rings is 1. The van der Waals surface area contributed by atoms with Crippen molar-refractivity contribution in [3.05, 3.63) is 48.3 Å². The maximum atomic E-state index is 11.5. The summed E-state index contributed by atoms with van der Waals surface area (Å²) < 4.78 is 0. The first-order valence-electron chi connectivity index (χ1n) is 5.38. The number of hydrogen-bond donors (Lipinski definition) is 3. The Morgan fingerprint density at radius 3 is 2.82 bits per heavy atom. The Labute approximate surface area is 99.2 Å². The smallest absolute Gasteiger partial charge is 0.239 e. The van der Waals surface area contributed by atoms with E-state index in [2.05, 4.69) is 20.8 Å². The van der Waals surface area contributed by atoms with Crippen LogP contribution in [0.5, 0.6) is 0 Å². The molecule has 2 aromatic rings. The fraction of sp³-hybridized carbons (Fsp3) is 0.167. The molecule has 0 radical (unpaired) electrons. The molecule has 0 saturated carbocycles. The van der Waals surface area contributed by atoms with Crippen LogP contribution in [0.1, 0.15) is 5.56 Å². The van der Waals surface area contributed by atoms with Gasteiger partial charge in [0.2, 0.25) is 5.91 Å². The minimum Gasteiger partial charge on any atom is -0.376 e. The number of amides is 1. The van der Waals surface area contributed by atoms with Gasteiger partial charge in [-0.3, -0.25) is 9.89 Å². The summed E-state index contributed by atoms with van der Waals surface area (Å²) in [5, 5.41) is 12.3. The Morgan fingerprint density at radius 1 is 1.29 bits per heavy atom. The van der Waals surface area contributed by atoms with Gasteiger partial charge in [-0.25, -0.2) is 0 Å². The van der Waals surface area contributed by atoms with Gasteiger partial charge < -0.3 is 10.6 Å². The minimum atomic E-state index is -0.0462. The van der Waals surface area contributed by atoms with Gasteiger partial charge in [-0.2, -0.15) is 5.10 Å². The summed E-state index contributed by atoms with van der Waals surface area (Å²) in [4.78, 5) is 11.5. The van der Waals surface area contributed by atoms with Gasteiger partial charge >= 0.3 is 0 Å². The van der Waals surface area contributed by atoms with Gasteiger partial charge in [0, 0.05) is 24.0 Å². The van der Waals surface area contributed by atoms with E-state index in [1.807, 2.05) is 30.3 Å². The Balaban J connectivity index is 1.71. The molecule has 2 rings (SSSR count). The van der Waals surface area contributed by atoms with Gasteiger partial charge in [-0.1, -0.05) is 18.2 Å². The molecular formula is C12H14N4O. The maximum absolute atomic E-state index is 11.5. The number of anilines is 1. The van der Waals surface area contributed by atoms with Crippen molar-refractivity contribution in [1.29, 1.82) is 0 Å². The van der Waals surface area contributed by atoms with Crippen LogP contribution in [0.4, 0.5) is 5.69 Å². The molecule has 5 nitrogen and oxygen atoms in total. The molecular weight excluding hydrogens is 216 g/mol. The van der Waals surface area contributed by atoms with E-state index in [9.17, 15) is 4.79 Å². The van der Waals surface area contributed by atoms with E-state index in [1.54, 1.807) is 12.4 Å². The fourth-order valence-corrected chi connectivity index (χ4v) is 1.38. The molecule has 17 heavy (non-hydrogen) atoms. The number of aromatic amines is 1. The molecule has 88 valence electrons. The second-order valence-electron chi connectivity index (χ2n) is 3.60. The van der Waals surface area contributed by atoms with Gasteiger partial charge in [0.25, 0.3) is 0 Å². The van der Waals surface area contributed by atoms with E-state index >= 15 is 0 Å². The summed E-state index contributed by atoms with van der Waals surface area (Å²) in [6.07, 6.45) is 3.44. The Morgan fingerprint density at radius 2 is 2.12 bits per heavy atom. The van der Waals surface area contributed by atoms with Crippen LogP contribution in [0.2, 0.25) is 0 Å². The summed E-state index contributed by atoms with van der Waals surface area (Å²) in [5.41, 5.74) is 1.89. The number of rotatable bonds is 5. The highest BCUT2D eigenvalue weighted by Crippen LogP contribution is 2.03. The number of para-hydroxylation sites is 1. The molecule has 0 aliphatic heterocycles. The largest absolute Gasteiger partial charge is 0.376 e. The zero-order valence-electron chi connectivity index (χ0n) is 9.31. The molecule has 1 aromatic heterocycles. The van der Waals surface area contributed by atoms with Crippen molar-refractivity contribution >= 4 is 11.6 Å². The molecule has 1 heterocycles. The summed E-state index contributed by atoms with van der Waals surface area (Å²) in [6.45, 7) is 0.758. The average molecular weight is 230 g/mol. The lowest BCUT2D eigenvalue weighted by Crippen LogP contribution is -2.29. The molecule has 1 amide bonds. The van der Waals surface area contributed by atoms with E-state index in [4.69, 9.17) is 0 Å². The van der Waals surface area contributed by atoms with E-state index in [-0.39, 0.29) is 12.5 Å². The molecule has 0 bridgehead atoms. The normalized spacial score (nSPS) is 9.88. The topological polar surface area (TPSA) is 69.8 Å². The first-order valence-corrected chi connectivity index (χ1v) is 5.38. The highest BCUT2D eigenvalue weighted by molar-refractivity contribution is 5.80. The van der Waals surface area contributed by atoms with Crippen LogP contribution in [0.15, 0.2) is 42.7 Å². The van der Waals surface area contributed by atoms with Crippen molar-refractivity contribution < 1.29 is 4.79 Å². The van der Waals surface area contributed by atoms with E-state index < -0.39 is 0 Å². The zero-order chi connectivity index (χ0) is 11.9. The summed E-state index contributed by atoms with van der Waals surface area (Å²) in [7, 11) is 0. The fourth-order valence-electron chi connectivity index (χ4n) is 1.38. The molecule has 3 N–H and O–H groups in total. The van der Waals surface area contributed by atoms with Crippen LogP contribution in [-0.2, 0) is 11.3 Å². The van der Waals surface area contributed by atoms with Crippen molar-refractivity contribution in [2.45, 2.75) is 6.54 Å². The second kappa shape index (κ2) is 5.69. The highest BCUT2D eigenvalue weighted by atomic mass is 16.1. The lowest BCUT2D eigenvalue weighted by molar-refractivity contribution is -0.119. The van der Waals surface area contributed by atoms with E-state index in [1.165, 1.54) is 0 Å². The predicted molar refractivity (Wildman–Crippen MR) is 65.4 cm³/mol. The van der Waals surface area contributed by atoms with Crippen molar-refractivity contribution in [3.63, 3.8) is 0 Å². The number of aromatic nitrogens is 2. The molecule has 0 saturated heterocycles. The molecule has 0 fully saturated rings. The number of nitrogens with zero attached hydrogens (tertiary/aromatic N) is 1. The quantitative estimate of drug-likeness (QED) is 0.721. The molecule has 0 aliphatic carbocycles. The number of H-pyrrole nitrogens is 1. The average Bonchev–Trinajstić information content (AvgIpc) is 2.88. The molecule has 5 heteroatoms. The van der Waals surface area contributed by atoms with Gasteiger partial charge in [-0.05, 0) is 12.1 Å². The van der Waals surface area contributed by atoms with E-state index in [0.717, 1.165) is 11.3 Å². The van der Waals surface area contributed by atoms with Crippen LogP contribution in [0, 0.1) is 0 Å². The summed E-state index contributed by atoms with van der Waals surface area (Å²) in [6, 6.07) is 9.62. The highest BCUT2D eigenvalue weighted by Gasteiger charge is 2.01. The Hall–Kier alpha value is -2.30. The first kappa shape index (κ1) is 11.2. The summed E-state index contributed by atoms with van der Waals surface area (Å²) in [5.74, 6) is -0.0462. The van der Waals surface area contributed by atoms with E-state index in [0.29, 0.717) is 6.54 Å². The Bertz CT molecular complexity index is 453. The van der Waals surface area contributed by atoms with Gasteiger partial charge in [0.05, 0.1) is 12.7 Å². The van der Waals surface area contributed by atoms with Crippen LogP contribution in [0.3, 0.4) is 0 Å². The lowest BCUT2D eigenvalue weighted by Gasteiger charge is -2.06. The second-order valence-corrected chi connectivity index (χ2v) is 3.60. The van der Waals surface area contributed by atoms with Gasteiger partial charge in [0.15, 0.2) is 0 Å². The van der Waals surface area contributed by atoms with Crippen LogP contribution < -0.4 is 10.6 Å². The third-order valence-electron chi connectivity index (χ3n) is 2.27. The molecule has 0 aliphatic rings. The van der Waals surface area contributed by atoms with Crippen LogP contribution in [-0.4, -0.2) is 22.6 Å². The van der Waals surface area contributed by atoms with Crippen molar-refractivity contribution in [2.75, 3.05) is 11.9 Å². The van der Waals surface area contributed by atoms with Crippen molar-refractivity contribution in [2.24, 2.45) is 0 Å². The molecule has 1 aromatic carbocycles. The number of hydrogen-bond acceptors (Lipinski definition) is 3. The van der Waals surface area contributed by atoms with Gasteiger partial charge in [0.1, 0.15) is 0 Å². The van der Waals surface area contributed by atoms with Gasteiger partial charge in [-0.15, -0.1) is 0 Å².